The first-order valence-electron chi connectivity index (χ1n) is 5.25. The second-order valence-electron chi connectivity index (χ2n) is 3.59. The molecule has 0 amide bonds. The molecule has 1 aromatic carbocycles. The van der Waals surface area contributed by atoms with Crippen LogP contribution in [0.15, 0.2) is 24.3 Å². The molecule has 1 aromatic rings. The maximum atomic E-state index is 11.1. The molecule has 0 aromatic heterocycles. The van der Waals surface area contributed by atoms with Crippen molar-refractivity contribution < 1.29 is 24.5 Å². The highest BCUT2D eigenvalue weighted by atomic mass is 16.5. The summed E-state index contributed by atoms with van der Waals surface area (Å²) in [6, 6.07) is 6.60. The van der Waals surface area contributed by atoms with E-state index in [9.17, 15) is 9.90 Å². The molecular weight excluding hydrogens is 224 g/mol. The van der Waals surface area contributed by atoms with Gasteiger partial charge < -0.3 is 19.7 Å². The third-order valence-corrected chi connectivity index (χ3v) is 2.57. The standard InChI is InChI=1S/C12H16O5/c1-3-12(8-13,11(14)15)17-10-6-4-5-9(7-10)16-2/h4-7,13H,3,8H2,1-2H3,(H,14,15). The topological polar surface area (TPSA) is 76.0 Å². The minimum Gasteiger partial charge on any atom is -0.497 e. The molecule has 0 aliphatic carbocycles. The summed E-state index contributed by atoms with van der Waals surface area (Å²) in [6.07, 6.45) is 0.163. The summed E-state index contributed by atoms with van der Waals surface area (Å²) in [7, 11) is 1.51. The summed E-state index contributed by atoms with van der Waals surface area (Å²) in [5.41, 5.74) is -1.60. The van der Waals surface area contributed by atoms with Gasteiger partial charge in [-0.05, 0) is 18.6 Å². The molecule has 0 fully saturated rings. The van der Waals surface area contributed by atoms with Crippen LogP contribution in [0, 0.1) is 0 Å². The van der Waals surface area contributed by atoms with E-state index in [2.05, 4.69) is 0 Å². The van der Waals surface area contributed by atoms with Crippen LogP contribution < -0.4 is 9.47 Å². The summed E-state index contributed by atoms with van der Waals surface area (Å²) in [5, 5.41) is 18.3. The van der Waals surface area contributed by atoms with Gasteiger partial charge in [-0.25, -0.2) is 4.79 Å². The fraction of sp³-hybridized carbons (Fsp3) is 0.417. The number of aliphatic hydroxyl groups excluding tert-OH is 1. The van der Waals surface area contributed by atoms with Crippen molar-refractivity contribution in [2.45, 2.75) is 18.9 Å². The molecule has 0 aliphatic rings. The molecule has 0 saturated heterocycles. The second-order valence-corrected chi connectivity index (χ2v) is 3.59. The highest BCUT2D eigenvalue weighted by Crippen LogP contribution is 2.25. The van der Waals surface area contributed by atoms with Gasteiger partial charge in [-0.2, -0.15) is 0 Å². The average Bonchev–Trinajstić information content (AvgIpc) is 2.36. The van der Waals surface area contributed by atoms with Gasteiger partial charge in [0.05, 0.1) is 13.7 Å². The molecular formula is C12H16O5. The van der Waals surface area contributed by atoms with Gasteiger partial charge in [0.25, 0.3) is 0 Å². The first kappa shape index (κ1) is 13.3. The molecule has 0 saturated carbocycles. The Morgan fingerprint density at radius 1 is 1.41 bits per heavy atom. The molecule has 0 spiro atoms. The second kappa shape index (κ2) is 5.54. The van der Waals surface area contributed by atoms with E-state index in [1.807, 2.05) is 0 Å². The van der Waals surface area contributed by atoms with Gasteiger partial charge in [0.15, 0.2) is 0 Å². The smallest absolute Gasteiger partial charge is 0.350 e. The summed E-state index contributed by atoms with van der Waals surface area (Å²) in [6.45, 7) is 1.06. The Balaban J connectivity index is 2.97. The third-order valence-electron chi connectivity index (χ3n) is 2.57. The lowest BCUT2D eigenvalue weighted by Gasteiger charge is -2.27. The molecule has 0 radical (unpaired) electrons. The molecule has 1 atom stereocenters. The number of carbonyl (C=O) groups is 1. The highest BCUT2D eigenvalue weighted by Gasteiger charge is 2.38. The molecule has 5 nitrogen and oxygen atoms in total. The fourth-order valence-corrected chi connectivity index (χ4v) is 1.37. The van der Waals surface area contributed by atoms with Crippen LogP contribution in [0.4, 0.5) is 0 Å². The van der Waals surface area contributed by atoms with Gasteiger partial charge in [0, 0.05) is 6.07 Å². The Kier molecular flexibility index (Phi) is 4.34. The van der Waals surface area contributed by atoms with E-state index in [4.69, 9.17) is 14.6 Å². The number of methoxy groups -OCH3 is 1. The Bertz CT molecular complexity index is 384. The molecule has 17 heavy (non-hydrogen) atoms. The maximum Gasteiger partial charge on any atom is 0.350 e. The van der Waals surface area contributed by atoms with Crippen molar-refractivity contribution in [3.05, 3.63) is 24.3 Å². The van der Waals surface area contributed by atoms with Crippen molar-refractivity contribution >= 4 is 5.97 Å². The fourth-order valence-electron chi connectivity index (χ4n) is 1.37. The van der Waals surface area contributed by atoms with E-state index in [0.717, 1.165) is 0 Å². The predicted octanol–water partition coefficient (Wildman–Crippen LogP) is 1.30. The number of rotatable bonds is 6. The van der Waals surface area contributed by atoms with E-state index >= 15 is 0 Å². The Labute approximate surface area is 99.6 Å². The molecule has 1 rings (SSSR count). The summed E-state index contributed by atoms with van der Waals surface area (Å²) >= 11 is 0. The average molecular weight is 240 g/mol. The van der Waals surface area contributed by atoms with Crippen molar-refractivity contribution in [3.63, 3.8) is 0 Å². The highest BCUT2D eigenvalue weighted by molar-refractivity contribution is 5.78. The SMILES string of the molecule is CCC(CO)(Oc1cccc(OC)c1)C(=O)O. The first-order valence-corrected chi connectivity index (χ1v) is 5.25. The molecule has 0 aliphatic heterocycles. The summed E-state index contributed by atoms with van der Waals surface area (Å²) in [5.74, 6) is -0.274. The molecule has 1 unspecified atom stereocenters. The number of carboxylic acid groups (broad SMARTS) is 1. The van der Waals surface area contributed by atoms with Gasteiger partial charge >= 0.3 is 5.97 Å². The minimum atomic E-state index is -1.60. The van der Waals surface area contributed by atoms with Crippen molar-refractivity contribution in [1.29, 1.82) is 0 Å². The van der Waals surface area contributed by atoms with Gasteiger partial charge in [-0.3, -0.25) is 0 Å². The zero-order valence-electron chi connectivity index (χ0n) is 9.84. The zero-order valence-corrected chi connectivity index (χ0v) is 9.84. The minimum absolute atomic E-state index is 0.163. The number of aliphatic hydroxyl groups is 1. The van der Waals surface area contributed by atoms with Crippen LogP contribution in [0.5, 0.6) is 11.5 Å². The number of hydrogen-bond acceptors (Lipinski definition) is 4. The van der Waals surface area contributed by atoms with Crippen molar-refractivity contribution in [2.24, 2.45) is 0 Å². The van der Waals surface area contributed by atoms with Crippen LogP contribution in [-0.2, 0) is 4.79 Å². The van der Waals surface area contributed by atoms with Crippen LogP contribution in [0.3, 0.4) is 0 Å². The van der Waals surface area contributed by atoms with Crippen LogP contribution in [0.2, 0.25) is 0 Å². The summed E-state index contributed by atoms with van der Waals surface area (Å²) < 4.78 is 10.4. The predicted molar refractivity (Wildman–Crippen MR) is 61.4 cm³/mol. The molecule has 2 N–H and O–H groups in total. The molecule has 0 heterocycles. The number of hydrogen-bond donors (Lipinski definition) is 2. The van der Waals surface area contributed by atoms with Gasteiger partial charge in [0.1, 0.15) is 11.5 Å². The van der Waals surface area contributed by atoms with Crippen LogP contribution in [0.25, 0.3) is 0 Å². The molecule has 0 bridgehead atoms. The number of aliphatic carboxylic acids is 1. The first-order chi connectivity index (χ1) is 8.07. The third kappa shape index (κ3) is 2.88. The number of carboxylic acids is 1. The monoisotopic (exact) mass is 240 g/mol. The normalized spacial score (nSPS) is 13.8. The van der Waals surface area contributed by atoms with Crippen LogP contribution in [-0.4, -0.2) is 35.5 Å². The van der Waals surface area contributed by atoms with Crippen LogP contribution >= 0.6 is 0 Å². The van der Waals surface area contributed by atoms with E-state index < -0.39 is 18.2 Å². The van der Waals surface area contributed by atoms with Crippen molar-refractivity contribution in [1.82, 2.24) is 0 Å². The quantitative estimate of drug-likeness (QED) is 0.783. The van der Waals surface area contributed by atoms with Crippen molar-refractivity contribution in [3.8, 4) is 11.5 Å². The lowest BCUT2D eigenvalue weighted by Crippen LogP contribution is -2.47. The van der Waals surface area contributed by atoms with E-state index in [1.54, 1.807) is 31.2 Å². The zero-order chi connectivity index (χ0) is 12.9. The lowest BCUT2D eigenvalue weighted by atomic mass is 10.0. The molecule has 94 valence electrons. The van der Waals surface area contributed by atoms with E-state index in [-0.39, 0.29) is 6.42 Å². The lowest BCUT2D eigenvalue weighted by molar-refractivity contribution is -0.159. The Hall–Kier alpha value is -1.75. The van der Waals surface area contributed by atoms with Gasteiger partial charge in [0.2, 0.25) is 5.60 Å². The van der Waals surface area contributed by atoms with Crippen LogP contribution in [0.1, 0.15) is 13.3 Å². The molecule has 5 heteroatoms. The van der Waals surface area contributed by atoms with Gasteiger partial charge in [-0.15, -0.1) is 0 Å². The Morgan fingerprint density at radius 2 is 2.06 bits per heavy atom. The van der Waals surface area contributed by atoms with Gasteiger partial charge in [-0.1, -0.05) is 13.0 Å². The number of benzene rings is 1. The maximum absolute atomic E-state index is 11.1. The Morgan fingerprint density at radius 3 is 2.53 bits per heavy atom. The van der Waals surface area contributed by atoms with E-state index in [0.29, 0.717) is 11.5 Å². The van der Waals surface area contributed by atoms with Crippen molar-refractivity contribution in [2.75, 3.05) is 13.7 Å². The van der Waals surface area contributed by atoms with E-state index in [1.165, 1.54) is 7.11 Å². The largest absolute Gasteiger partial charge is 0.497 e. The number of ether oxygens (including phenoxy) is 2. The summed E-state index contributed by atoms with van der Waals surface area (Å²) in [4.78, 5) is 11.1.